The van der Waals surface area contributed by atoms with Crippen LogP contribution < -0.4 is 0 Å². The highest BCUT2D eigenvalue weighted by atomic mass is 16.4. The zero-order chi connectivity index (χ0) is 18.5. The largest absolute Gasteiger partial charge is 0.480 e. The van der Waals surface area contributed by atoms with Crippen LogP contribution in [0.15, 0.2) is 36.5 Å². The average Bonchev–Trinajstić information content (AvgIpc) is 2.85. The summed E-state index contributed by atoms with van der Waals surface area (Å²) >= 11 is 0. The Labute approximate surface area is 153 Å². The van der Waals surface area contributed by atoms with Crippen LogP contribution in [0.3, 0.4) is 0 Å². The third kappa shape index (κ3) is 4.38. The zero-order valence-corrected chi connectivity index (χ0v) is 15.1. The van der Waals surface area contributed by atoms with Crippen molar-refractivity contribution < 1.29 is 14.7 Å². The minimum Gasteiger partial charge on any atom is -0.480 e. The van der Waals surface area contributed by atoms with Crippen molar-refractivity contribution in [3.63, 3.8) is 0 Å². The number of carbonyl (C=O) groups excluding carboxylic acids is 1. The summed E-state index contributed by atoms with van der Waals surface area (Å²) in [6.07, 6.45) is 4.41. The molecule has 138 valence electrons. The number of hydrogen-bond acceptors (Lipinski definition) is 4. The number of para-hydroxylation sites is 1. The maximum Gasteiger partial charge on any atom is 0.323 e. The number of benzene rings is 1. The Morgan fingerprint density at radius 1 is 1.23 bits per heavy atom. The lowest BCUT2D eigenvalue weighted by Gasteiger charge is -2.29. The Balaban J connectivity index is 1.68. The molecule has 0 saturated carbocycles. The Morgan fingerprint density at radius 3 is 2.81 bits per heavy atom. The van der Waals surface area contributed by atoms with E-state index in [1.807, 2.05) is 12.3 Å². The molecule has 2 heterocycles. The SMILES string of the molecule is CC(=O)N(CC(=O)O)[C@H]1CCCN(Cc2cccc3cccnc23)CC1. The number of likely N-dealkylation sites (tertiary alicyclic amines) is 1. The van der Waals surface area contributed by atoms with Gasteiger partial charge in [-0.2, -0.15) is 0 Å². The van der Waals surface area contributed by atoms with Gasteiger partial charge >= 0.3 is 5.97 Å². The van der Waals surface area contributed by atoms with Gasteiger partial charge in [-0.1, -0.05) is 24.3 Å². The van der Waals surface area contributed by atoms with Crippen molar-refractivity contribution in [3.05, 3.63) is 42.1 Å². The highest BCUT2D eigenvalue weighted by molar-refractivity contribution is 5.81. The molecular formula is C20H25N3O3. The van der Waals surface area contributed by atoms with Gasteiger partial charge in [0.25, 0.3) is 0 Å². The number of aliphatic carboxylic acids is 1. The fourth-order valence-electron chi connectivity index (χ4n) is 3.79. The first-order valence-electron chi connectivity index (χ1n) is 9.08. The Morgan fingerprint density at radius 2 is 2.04 bits per heavy atom. The first-order valence-corrected chi connectivity index (χ1v) is 9.08. The van der Waals surface area contributed by atoms with Crippen LogP contribution in [-0.2, 0) is 16.1 Å². The number of fused-ring (bicyclic) bond motifs is 1. The molecule has 6 nitrogen and oxygen atoms in total. The smallest absolute Gasteiger partial charge is 0.323 e. The molecule has 1 aromatic heterocycles. The van der Waals surface area contributed by atoms with Crippen LogP contribution in [0.25, 0.3) is 10.9 Å². The maximum atomic E-state index is 11.9. The van der Waals surface area contributed by atoms with Gasteiger partial charge in [0.1, 0.15) is 6.54 Å². The quantitative estimate of drug-likeness (QED) is 0.892. The van der Waals surface area contributed by atoms with Gasteiger partial charge in [0.05, 0.1) is 5.52 Å². The van der Waals surface area contributed by atoms with Gasteiger partial charge in [-0.15, -0.1) is 0 Å². The number of amides is 1. The summed E-state index contributed by atoms with van der Waals surface area (Å²) in [5, 5.41) is 10.2. The Bertz CT molecular complexity index is 787. The fraction of sp³-hybridized carbons (Fsp3) is 0.450. The third-order valence-corrected chi connectivity index (χ3v) is 5.05. The second-order valence-electron chi connectivity index (χ2n) is 6.89. The first kappa shape index (κ1) is 18.3. The van der Waals surface area contributed by atoms with Crippen molar-refractivity contribution in [1.82, 2.24) is 14.8 Å². The summed E-state index contributed by atoms with van der Waals surface area (Å²) < 4.78 is 0. The number of hydrogen-bond donors (Lipinski definition) is 1. The third-order valence-electron chi connectivity index (χ3n) is 5.05. The second-order valence-corrected chi connectivity index (χ2v) is 6.89. The van der Waals surface area contributed by atoms with E-state index in [9.17, 15) is 9.59 Å². The standard InChI is InChI=1S/C20H25N3O3/c1-15(24)23(14-19(25)26)18-8-4-11-22(12-9-18)13-17-6-2-5-16-7-3-10-21-20(16)17/h2-3,5-7,10,18H,4,8-9,11-14H2,1H3,(H,25,26)/t18-/m0/s1. The predicted molar refractivity (Wildman–Crippen MR) is 99.7 cm³/mol. The number of aromatic nitrogens is 1. The van der Waals surface area contributed by atoms with Crippen molar-refractivity contribution >= 4 is 22.8 Å². The van der Waals surface area contributed by atoms with E-state index in [2.05, 4.69) is 34.1 Å². The van der Waals surface area contributed by atoms with Crippen molar-refractivity contribution in [2.45, 2.75) is 38.8 Å². The van der Waals surface area contributed by atoms with E-state index in [4.69, 9.17) is 5.11 Å². The van der Waals surface area contributed by atoms with E-state index >= 15 is 0 Å². The summed E-state index contributed by atoms with van der Waals surface area (Å²) in [7, 11) is 0. The lowest BCUT2D eigenvalue weighted by atomic mass is 10.1. The van der Waals surface area contributed by atoms with E-state index in [1.54, 1.807) is 0 Å². The number of pyridine rings is 1. The molecule has 3 rings (SSSR count). The summed E-state index contributed by atoms with van der Waals surface area (Å²) in [6, 6.07) is 10.3. The number of nitrogens with zero attached hydrogens (tertiary/aromatic N) is 3. The van der Waals surface area contributed by atoms with Gasteiger partial charge in [0, 0.05) is 37.6 Å². The summed E-state index contributed by atoms with van der Waals surface area (Å²) in [6.45, 7) is 3.84. The second kappa shape index (κ2) is 8.27. The molecule has 1 fully saturated rings. The molecule has 1 N–H and O–H groups in total. The summed E-state index contributed by atoms with van der Waals surface area (Å²) in [5.41, 5.74) is 2.24. The molecule has 1 aliphatic heterocycles. The fourth-order valence-corrected chi connectivity index (χ4v) is 3.79. The molecule has 2 aromatic rings. The van der Waals surface area contributed by atoms with Crippen molar-refractivity contribution in [3.8, 4) is 0 Å². The number of rotatable bonds is 5. The van der Waals surface area contributed by atoms with E-state index in [0.717, 1.165) is 49.8 Å². The van der Waals surface area contributed by atoms with E-state index in [0.29, 0.717) is 0 Å². The summed E-state index contributed by atoms with van der Waals surface area (Å²) in [4.78, 5) is 31.3. The Kier molecular flexibility index (Phi) is 5.83. The van der Waals surface area contributed by atoms with Gasteiger partial charge in [-0.25, -0.2) is 0 Å². The first-order chi connectivity index (χ1) is 12.5. The minimum atomic E-state index is -0.955. The van der Waals surface area contributed by atoms with Crippen LogP contribution in [0.5, 0.6) is 0 Å². The van der Waals surface area contributed by atoms with E-state index in [-0.39, 0.29) is 18.5 Å². The monoisotopic (exact) mass is 355 g/mol. The highest BCUT2D eigenvalue weighted by Crippen LogP contribution is 2.22. The molecule has 1 atom stereocenters. The van der Waals surface area contributed by atoms with E-state index in [1.165, 1.54) is 17.4 Å². The number of carboxylic acid groups (broad SMARTS) is 1. The van der Waals surface area contributed by atoms with Crippen LogP contribution in [-0.4, -0.2) is 57.4 Å². The van der Waals surface area contributed by atoms with Gasteiger partial charge in [0.2, 0.25) is 5.91 Å². The minimum absolute atomic E-state index is 0.000701. The Hall–Kier alpha value is -2.47. The molecule has 0 unspecified atom stereocenters. The highest BCUT2D eigenvalue weighted by Gasteiger charge is 2.26. The molecular weight excluding hydrogens is 330 g/mol. The molecule has 6 heteroatoms. The van der Waals surface area contributed by atoms with E-state index < -0.39 is 5.97 Å². The van der Waals surface area contributed by atoms with Crippen molar-refractivity contribution in [1.29, 1.82) is 0 Å². The van der Waals surface area contributed by atoms with Crippen LogP contribution in [0.2, 0.25) is 0 Å². The van der Waals surface area contributed by atoms with Gasteiger partial charge in [0.15, 0.2) is 0 Å². The normalized spacial score (nSPS) is 18.4. The maximum absolute atomic E-state index is 11.9. The molecule has 0 aliphatic carbocycles. The molecule has 0 radical (unpaired) electrons. The van der Waals surface area contributed by atoms with Crippen LogP contribution in [0.4, 0.5) is 0 Å². The van der Waals surface area contributed by atoms with Gasteiger partial charge < -0.3 is 10.0 Å². The van der Waals surface area contributed by atoms with Crippen molar-refractivity contribution in [2.75, 3.05) is 19.6 Å². The number of carboxylic acids is 1. The molecule has 26 heavy (non-hydrogen) atoms. The van der Waals surface area contributed by atoms with Crippen LogP contribution >= 0.6 is 0 Å². The molecule has 1 saturated heterocycles. The predicted octanol–water partition coefficient (Wildman–Crippen LogP) is 2.52. The molecule has 1 aliphatic rings. The molecule has 0 spiro atoms. The van der Waals surface area contributed by atoms with Gasteiger partial charge in [-0.05, 0) is 37.4 Å². The topological polar surface area (TPSA) is 73.7 Å². The summed E-state index contributed by atoms with van der Waals surface area (Å²) in [5.74, 6) is -1.12. The molecule has 1 aromatic carbocycles. The molecule has 0 bridgehead atoms. The number of carbonyl (C=O) groups is 2. The van der Waals surface area contributed by atoms with Crippen molar-refractivity contribution in [2.24, 2.45) is 0 Å². The lowest BCUT2D eigenvalue weighted by Crippen LogP contribution is -2.42. The van der Waals surface area contributed by atoms with Crippen LogP contribution in [0, 0.1) is 0 Å². The zero-order valence-electron chi connectivity index (χ0n) is 15.1. The average molecular weight is 355 g/mol. The van der Waals surface area contributed by atoms with Crippen LogP contribution in [0.1, 0.15) is 31.7 Å². The lowest BCUT2D eigenvalue weighted by molar-refractivity contribution is -0.145. The molecule has 1 amide bonds. The van der Waals surface area contributed by atoms with Gasteiger partial charge in [-0.3, -0.25) is 19.5 Å².